The topological polar surface area (TPSA) is 65.7 Å². The Kier molecular flexibility index (Phi) is 9.01. The van der Waals surface area contributed by atoms with E-state index in [-0.39, 0.29) is 23.9 Å². The summed E-state index contributed by atoms with van der Waals surface area (Å²) in [4.78, 5) is 18.6. The molecule has 0 N–H and O–H groups in total. The van der Waals surface area contributed by atoms with E-state index in [4.69, 9.17) is 14.5 Å². The fourth-order valence-corrected chi connectivity index (χ4v) is 5.38. The smallest absolute Gasteiger partial charge is 0.282 e. The van der Waals surface area contributed by atoms with Gasteiger partial charge >= 0.3 is 0 Å². The Balaban J connectivity index is 1.54. The average molecular weight is 676 g/mol. The average Bonchev–Trinajstić information content (AvgIpc) is 2.97. The maximum atomic E-state index is 14.0. The van der Waals surface area contributed by atoms with Crippen molar-refractivity contribution in [3.05, 3.63) is 121 Å². The number of hydrogen-bond donors (Lipinski definition) is 0. The summed E-state index contributed by atoms with van der Waals surface area (Å²) in [6, 6.07) is 23.5. The molecule has 0 amide bonds. The molecule has 0 aliphatic rings. The number of benzene rings is 4. The molecule has 1 aromatic heterocycles. The zero-order valence-corrected chi connectivity index (χ0v) is 26.1. The largest absolute Gasteiger partial charge is 0.494 e. The molecule has 8 heteroatoms. The minimum atomic E-state index is -0.301. The summed E-state index contributed by atoms with van der Waals surface area (Å²) < 4.78 is 28.0. The van der Waals surface area contributed by atoms with Gasteiger partial charge in [0, 0.05) is 11.1 Å². The molecule has 0 aliphatic heterocycles. The highest BCUT2D eigenvalue weighted by molar-refractivity contribution is 14.1. The van der Waals surface area contributed by atoms with Gasteiger partial charge in [0.15, 0.2) is 5.82 Å². The van der Waals surface area contributed by atoms with Crippen LogP contribution < -0.4 is 15.0 Å². The highest BCUT2D eigenvalue weighted by Gasteiger charge is 2.18. The summed E-state index contributed by atoms with van der Waals surface area (Å²) in [6.45, 7) is 8.86. The molecule has 5 rings (SSSR count). The molecule has 0 radical (unpaired) electrons. The Bertz CT molecular complexity index is 1850. The highest BCUT2D eigenvalue weighted by Crippen LogP contribution is 2.34. The summed E-state index contributed by atoms with van der Waals surface area (Å²) in [5.41, 5.74) is 4.39. The molecule has 42 heavy (non-hydrogen) atoms. The molecule has 214 valence electrons. The van der Waals surface area contributed by atoms with E-state index in [1.54, 1.807) is 30.5 Å². The van der Waals surface area contributed by atoms with Crippen molar-refractivity contribution in [2.24, 2.45) is 5.10 Å². The van der Waals surface area contributed by atoms with Crippen LogP contribution in [0.1, 0.15) is 48.9 Å². The SMILES string of the molecule is CCOc1cc(C)c(-c2nc3ccccc3c(=O)n2N=Cc2ccc(OCc3ccccc3F)c(I)c2)cc1C(C)C. The Hall–Kier alpha value is -4.05. The quantitative estimate of drug-likeness (QED) is 0.117. The third kappa shape index (κ3) is 6.23. The minimum absolute atomic E-state index is 0.122. The van der Waals surface area contributed by atoms with Gasteiger partial charge in [-0.05, 0) is 108 Å². The van der Waals surface area contributed by atoms with Crippen LogP contribution in [0.2, 0.25) is 0 Å². The Morgan fingerprint density at radius 2 is 1.76 bits per heavy atom. The number of ether oxygens (including phenoxy) is 2. The van der Waals surface area contributed by atoms with Crippen molar-refractivity contribution >= 4 is 39.7 Å². The van der Waals surface area contributed by atoms with Gasteiger partial charge in [-0.15, -0.1) is 0 Å². The summed E-state index contributed by atoms with van der Waals surface area (Å²) in [5.74, 6) is 1.82. The lowest BCUT2D eigenvalue weighted by molar-refractivity contribution is 0.297. The summed E-state index contributed by atoms with van der Waals surface area (Å²) in [5, 5.41) is 5.13. The van der Waals surface area contributed by atoms with Crippen molar-refractivity contribution in [3.63, 3.8) is 0 Å². The van der Waals surface area contributed by atoms with Gasteiger partial charge in [0.2, 0.25) is 0 Å². The van der Waals surface area contributed by atoms with Crippen LogP contribution >= 0.6 is 22.6 Å². The maximum absolute atomic E-state index is 14.0. The normalized spacial score (nSPS) is 11.5. The third-order valence-corrected chi connectivity index (χ3v) is 7.74. The number of nitrogens with zero attached hydrogens (tertiary/aromatic N) is 3. The number of rotatable bonds is 9. The van der Waals surface area contributed by atoms with Gasteiger partial charge in [-0.2, -0.15) is 9.78 Å². The summed E-state index contributed by atoms with van der Waals surface area (Å²) in [7, 11) is 0. The van der Waals surface area contributed by atoms with Gasteiger partial charge in [-0.25, -0.2) is 9.37 Å². The number of halogens is 2. The first-order chi connectivity index (χ1) is 20.3. The molecule has 0 unspecified atom stereocenters. The second kappa shape index (κ2) is 12.9. The van der Waals surface area contributed by atoms with Crippen LogP contribution in [-0.4, -0.2) is 22.5 Å². The number of hydrogen-bond acceptors (Lipinski definition) is 5. The fraction of sp³-hybridized carbons (Fsp3) is 0.206. The van der Waals surface area contributed by atoms with E-state index in [9.17, 15) is 9.18 Å². The first-order valence-corrected chi connectivity index (χ1v) is 14.8. The fourth-order valence-electron chi connectivity index (χ4n) is 4.69. The molecule has 0 saturated heterocycles. The number of aromatic nitrogens is 2. The molecule has 0 bridgehead atoms. The molecule has 0 aliphatic carbocycles. The Morgan fingerprint density at radius 3 is 2.50 bits per heavy atom. The van der Waals surface area contributed by atoms with Gasteiger partial charge in [-0.3, -0.25) is 4.79 Å². The van der Waals surface area contributed by atoms with E-state index in [0.29, 0.717) is 34.6 Å². The number of para-hydroxylation sites is 1. The lowest BCUT2D eigenvalue weighted by atomic mass is 9.96. The van der Waals surface area contributed by atoms with Crippen LogP contribution in [0.15, 0.2) is 88.8 Å². The molecular formula is C34H31FIN3O3. The third-order valence-electron chi connectivity index (χ3n) is 6.89. The maximum Gasteiger partial charge on any atom is 0.282 e. The monoisotopic (exact) mass is 675 g/mol. The van der Waals surface area contributed by atoms with Crippen molar-refractivity contribution in [3.8, 4) is 22.9 Å². The van der Waals surface area contributed by atoms with E-state index >= 15 is 0 Å². The van der Waals surface area contributed by atoms with Gasteiger partial charge in [0.25, 0.3) is 5.56 Å². The van der Waals surface area contributed by atoms with Crippen molar-refractivity contribution in [1.82, 2.24) is 9.66 Å². The number of fused-ring (bicyclic) bond motifs is 1. The second-order valence-electron chi connectivity index (χ2n) is 10.2. The standard InChI is InChI=1S/C34H31FIN3O3/c1-5-41-32-16-22(4)27(18-26(32)21(2)3)33-38-30-13-9-7-11-25(30)34(40)39(33)37-19-23-14-15-31(29(36)17-23)42-20-24-10-6-8-12-28(24)35/h6-19,21H,5,20H2,1-4H3. The lowest BCUT2D eigenvalue weighted by Gasteiger charge is -2.18. The van der Waals surface area contributed by atoms with Crippen molar-refractivity contribution in [2.75, 3.05) is 6.61 Å². The van der Waals surface area contributed by atoms with E-state index in [1.807, 2.05) is 56.3 Å². The van der Waals surface area contributed by atoms with Crippen LogP contribution in [-0.2, 0) is 6.61 Å². The molecule has 6 nitrogen and oxygen atoms in total. The lowest BCUT2D eigenvalue weighted by Crippen LogP contribution is -2.21. The van der Waals surface area contributed by atoms with Gasteiger partial charge < -0.3 is 9.47 Å². The predicted octanol–water partition coefficient (Wildman–Crippen LogP) is 8.10. The van der Waals surface area contributed by atoms with Crippen LogP contribution in [0.3, 0.4) is 0 Å². The summed E-state index contributed by atoms with van der Waals surface area (Å²) in [6.07, 6.45) is 1.64. The first kappa shape index (κ1) is 29.4. The highest BCUT2D eigenvalue weighted by atomic mass is 127. The van der Waals surface area contributed by atoms with E-state index < -0.39 is 0 Å². The molecule has 4 aromatic carbocycles. The zero-order chi connectivity index (χ0) is 29.8. The van der Waals surface area contributed by atoms with Crippen LogP contribution in [0.25, 0.3) is 22.3 Å². The van der Waals surface area contributed by atoms with Crippen LogP contribution in [0.4, 0.5) is 4.39 Å². The van der Waals surface area contributed by atoms with E-state index in [2.05, 4.69) is 47.6 Å². The van der Waals surface area contributed by atoms with Crippen LogP contribution in [0, 0.1) is 16.3 Å². The van der Waals surface area contributed by atoms with E-state index in [1.165, 1.54) is 10.7 Å². The molecular weight excluding hydrogens is 644 g/mol. The van der Waals surface area contributed by atoms with Crippen molar-refractivity contribution in [1.29, 1.82) is 0 Å². The zero-order valence-electron chi connectivity index (χ0n) is 23.9. The molecule has 0 saturated carbocycles. The van der Waals surface area contributed by atoms with Crippen molar-refractivity contribution in [2.45, 2.75) is 40.2 Å². The predicted molar refractivity (Wildman–Crippen MR) is 174 cm³/mol. The molecule has 1 heterocycles. The number of aryl methyl sites for hydroxylation is 1. The van der Waals surface area contributed by atoms with E-state index in [0.717, 1.165) is 31.6 Å². The first-order valence-electron chi connectivity index (χ1n) is 13.8. The molecule has 5 aromatic rings. The Morgan fingerprint density at radius 1 is 1.00 bits per heavy atom. The van der Waals surface area contributed by atoms with Gasteiger partial charge in [0.1, 0.15) is 23.9 Å². The summed E-state index contributed by atoms with van der Waals surface area (Å²) >= 11 is 2.18. The van der Waals surface area contributed by atoms with Crippen molar-refractivity contribution < 1.29 is 13.9 Å². The minimum Gasteiger partial charge on any atom is -0.494 e. The van der Waals surface area contributed by atoms with Crippen LogP contribution in [0.5, 0.6) is 11.5 Å². The molecule has 0 atom stereocenters. The molecule has 0 fully saturated rings. The van der Waals surface area contributed by atoms with Gasteiger partial charge in [0.05, 0.1) is 27.3 Å². The Labute approximate surface area is 258 Å². The second-order valence-corrected chi connectivity index (χ2v) is 11.3. The van der Waals surface area contributed by atoms with Gasteiger partial charge in [-0.1, -0.05) is 44.2 Å². The molecule has 0 spiro atoms.